The zero-order valence-corrected chi connectivity index (χ0v) is 14.8. The SMILES string of the molecule is N#CN=C1NC(=O)/C(=C\c2cccc(OCc3ccc4c(c3)OCO4)c2)S1. The van der Waals surface area contributed by atoms with E-state index < -0.39 is 0 Å². The average Bonchev–Trinajstić information content (AvgIpc) is 3.27. The van der Waals surface area contributed by atoms with Gasteiger partial charge < -0.3 is 14.2 Å². The van der Waals surface area contributed by atoms with Gasteiger partial charge in [-0.15, -0.1) is 4.99 Å². The summed E-state index contributed by atoms with van der Waals surface area (Å²) in [7, 11) is 0. The van der Waals surface area contributed by atoms with Crippen LogP contribution < -0.4 is 19.5 Å². The Morgan fingerprint density at radius 2 is 2.15 bits per heavy atom. The van der Waals surface area contributed by atoms with Crippen molar-refractivity contribution in [3.05, 3.63) is 58.5 Å². The molecule has 0 saturated carbocycles. The lowest BCUT2D eigenvalue weighted by molar-refractivity contribution is -0.115. The zero-order chi connectivity index (χ0) is 18.6. The van der Waals surface area contributed by atoms with Crippen LogP contribution in [0, 0.1) is 11.5 Å². The highest BCUT2D eigenvalue weighted by molar-refractivity contribution is 8.18. The summed E-state index contributed by atoms with van der Waals surface area (Å²) in [4.78, 5) is 15.9. The van der Waals surface area contributed by atoms with Crippen molar-refractivity contribution in [1.29, 1.82) is 5.26 Å². The third-order valence-electron chi connectivity index (χ3n) is 3.80. The minimum Gasteiger partial charge on any atom is -0.489 e. The fourth-order valence-corrected chi connectivity index (χ4v) is 3.35. The summed E-state index contributed by atoms with van der Waals surface area (Å²) < 4.78 is 16.5. The molecule has 0 spiro atoms. The topological polar surface area (TPSA) is 92.9 Å². The summed E-state index contributed by atoms with van der Waals surface area (Å²) in [6.45, 7) is 0.619. The lowest BCUT2D eigenvalue weighted by Crippen LogP contribution is -2.19. The minimum absolute atomic E-state index is 0.239. The number of nitriles is 1. The second-order valence-corrected chi connectivity index (χ2v) is 6.66. The lowest BCUT2D eigenvalue weighted by atomic mass is 10.2. The number of nitrogens with zero attached hydrogens (tertiary/aromatic N) is 2. The molecule has 2 heterocycles. The average molecular weight is 379 g/mol. The number of hydrogen-bond donors (Lipinski definition) is 1. The Balaban J connectivity index is 1.45. The molecule has 0 aliphatic carbocycles. The molecule has 0 bridgehead atoms. The van der Waals surface area contributed by atoms with Gasteiger partial charge in [0.05, 0.1) is 4.91 Å². The Morgan fingerprint density at radius 1 is 1.26 bits per heavy atom. The van der Waals surface area contributed by atoms with Crippen molar-refractivity contribution in [2.24, 2.45) is 4.99 Å². The van der Waals surface area contributed by atoms with E-state index in [1.54, 1.807) is 12.3 Å². The van der Waals surface area contributed by atoms with E-state index in [1.165, 1.54) is 0 Å². The molecular weight excluding hydrogens is 366 g/mol. The van der Waals surface area contributed by atoms with E-state index in [1.807, 2.05) is 42.5 Å². The highest BCUT2D eigenvalue weighted by atomic mass is 32.2. The highest BCUT2D eigenvalue weighted by Crippen LogP contribution is 2.33. The van der Waals surface area contributed by atoms with Crippen LogP contribution in [0.3, 0.4) is 0 Å². The maximum atomic E-state index is 11.9. The van der Waals surface area contributed by atoms with Gasteiger partial charge in [0.1, 0.15) is 12.4 Å². The number of carbonyl (C=O) groups excluding carboxylic acids is 1. The Kier molecular flexibility index (Phi) is 4.68. The number of ether oxygens (including phenoxy) is 3. The third-order valence-corrected chi connectivity index (χ3v) is 4.71. The number of amides is 1. The van der Waals surface area contributed by atoms with E-state index in [-0.39, 0.29) is 17.9 Å². The first-order valence-corrected chi connectivity index (χ1v) is 8.82. The van der Waals surface area contributed by atoms with Crippen molar-refractivity contribution in [3.8, 4) is 23.4 Å². The molecule has 7 nitrogen and oxygen atoms in total. The second kappa shape index (κ2) is 7.43. The van der Waals surface area contributed by atoms with Crippen LogP contribution in [0.15, 0.2) is 52.4 Å². The fourth-order valence-electron chi connectivity index (χ4n) is 2.57. The first-order chi connectivity index (χ1) is 13.2. The monoisotopic (exact) mass is 379 g/mol. The lowest BCUT2D eigenvalue weighted by Gasteiger charge is -2.08. The van der Waals surface area contributed by atoms with E-state index in [0.717, 1.165) is 28.6 Å². The number of carbonyl (C=O) groups is 1. The molecule has 1 N–H and O–H groups in total. The number of benzene rings is 2. The first kappa shape index (κ1) is 17.0. The van der Waals surface area contributed by atoms with Gasteiger partial charge in [0.2, 0.25) is 13.0 Å². The molecule has 1 saturated heterocycles. The summed E-state index contributed by atoms with van der Waals surface area (Å²) >= 11 is 1.13. The van der Waals surface area contributed by atoms with E-state index >= 15 is 0 Å². The summed E-state index contributed by atoms with van der Waals surface area (Å²) in [6, 6.07) is 13.1. The number of thioether (sulfide) groups is 1. The number of amidine groups is 1. The Labute approximate surface area is 159 Å². The molecular formula is C19H13N3O4S. The van der Waals surface area contributed by atoms with Gasteiger partial charge in [0, 0.05) is 0 Å². The van der Waals surface area contributed by atoms with Gasteiger partial charge in [-0.2, -0.15) is 5.26 Å². The number of nitrogens with one attached hydrogen (secondary N) is 1. The van der Waals surface area contributed by atoms with Gasteiger partial charge in [-0.1, -0.05) is 18.2 Å². The Bertz CT molecular complexity index is 1010. The predicted molar refractivity (Wildman–Crippen MR) is 100 cm³/mol. The molecule has 2 aromatic carbocycles. The van der Waals surface area contributed by atoms with E-state index in [9.17, 15) is 4.79 Å². The quantitative estimate of drug-likeness (QED) is 0.648. The molecule has 0 unspecified atom stereocenters. The van der Waals surface area contributed by atoms with Crippen molar-refractivity contribution in [2.45, 2.75) is 6.61 Å². The van der Waals surface area contributed by atoms with Crippen molar-refractivity contribution >= 4 is 28.9 Å². The van der Waals surface area contributed by atoms with E-state index in [4.69, 9.17) is 19.5 Å². The van der Waals surface area contributed by atoms with Crippen LogP contribution in [0.4, 0.5) is 0 Å². The molecule has 134 valence electrons. The summed E-state index contributed by atoms with van der Waals surface area (Å²) in [5, 5.41) is 11.4. The standard InChI is InChI=1S/C19H13N3O4S/c20-10-21-19-22-18(23)17(27-19)8-12-2-1-3-14(6-12)24-9-13-4-5-15-16(7-13)26-11-25-15/h1-8H,9,11H2,(H,21,22,23)/b17-8+. The molecule has 2 aliphatic rings. The molecule has 2 aromatic rings. The smallest absolute Gasteiger partial charge is 0.264 e. The van der Waals surface area contributed by atoms with Crippen LogP contribution in [0.1, 0.15) is 11.1 Å². The minimum atomic E-state index is -0.277. The van der Waals surface area contributed by atoms with E-state index in [2.05, 4.69) is 10.3 Å². The molecule has 2 aliphatic heterocycles. The van der Waals surface area contributed by atoms with Gasteiger partial charge in [-0.3, -0.25) is 10.1 Å². The third kappa shape index (κ3) is 3.88. The second-order valence-electron chi connectivity index (χ2n) is 5.63. The molecule has 27 heavy (non-hydrogen) atoms. The van der Waals surface area contributed by atoms with Crippen molar-refractivity contribution < 1.29 is 19.0 Å². The van der Waals surface area contributed by atoms with Crippen LogP contribution in [0.25, 0.3) is 6.08 Å². The first-order valence-electron chi connectivity index (χ1n) is 8.00. The number of aliphatic imine (C=N–C) groups is 1. The molecule has 0 aromatic heterocycles. The van der Waals surface area contributed by atoms with Gasteiger partial charge >= 0.3 is 0 Å². The van der Waals surface area contributed by atoms with E-state index in [0.29, 0.717) is 23.0 Å². The number of rotatable bonds is 4. The summed E-state index contributed by atoms with van der Waals surface area (Å²) in [5.41, 5.74) is 1.78. The molecule has 8 heteroatoms. The van der Waals surface area contributed by atoms with Crippen LogP contribution in [-0.4, -0.2) is 17.9 Å². The van der Waals surface area contributed by atoms with Gasteiger partial charge in [-0.25, -0.2) is 0 Å². The molecule has 0 atom stereocenters. The predicted octanol–water partition coefficient (Wildman–Crippen LogP) is 3.04. The van der Waals surface area contributed by atoms with Gasteiger partial charge in [0.15, 0.2) is 16.7 Å². The van der Waals surface area contributed by atoms with Crippen LogP contribution in [0.5, 0.6) is 17.2 Å². The largest absolute Gasteiger partial charge is 0.489 e. The van der Waals surface area contributed by atoms with Crippen molar-refractivity contribution in [1.82, 2.24) is 5.32 Å². The Hall–Kier alpha value is -3.44. The molecule has 4 rings (SSSR count). The zero-order valence-electron chi connectivity index (χ0n) is 14.0. The summed E-state index contributed by atoms with van der Waals surface area (Å²) in [5.74, 6) is 1.85. The van der Waals surface area contributed by atoms with Gasteiger partial charge in [0.25, 0.3) is 5.91 Å². The summed E-state index contributed by atoms with van der Waals surface area (Å²) in [6.07, 6.45) is 3.39. The number of fused-ring (bicyclic) bond motifs is 1. The van der Waals surface area contributed by atoms with Crippen LogP contribution in [0.2, 0.25) is 0 Å². The maximum absolute atomic E-state index is 11.9. The van der Waals surface area contributed by atoms with Crippen molar-refractivity contribution in [2.75, 3.05) is 6.79 Å². The highest BCUT2D eigenvalue weighted by Gasteiger charge is 2.23. The fraction of sp³-hybridized carbons (Fsp3) is 0.105. The molecule has 0 radical (unpaired) electrons. The molecule has 1 amide bonds. The van der Waals surface area contributed by atoms with Gasteiger partial charge in [-0.05, 0) is 53.2 Å². The van der Waals surface area contributed by atoms with Crippen LogP contribution >= 0.6 is 11.8 Å². The molecule has 1 fully saturated rings. The normalized spacial score (nSPS) is 17.8. The van der Waals surface area contributed by atoms with Crippen LogP contribution in [-0.2, 0) is 11.4 Å². The number of hydrogen-bond acceptors (Lipinski definition) is 7. The maximum Gasteiger partial charge on any atom is 0.264 e. The van der Waals surface area contributed by atoms with Crippen molar-refractivity contribution in [3.63, 3.8) is 0 Å². The Morgan fingerprint density at radius 3 is 3.04 bits per heavy atom.